The molecule has 0 aliphatic carbocycles. The van der Waals surface area contributed by atoms with Crippen molar-refractivity contribution in [2.45, 2.75) is 13.0 Å². The van der Waals surface area contributed by atoms with Crippen molar-refractivity contribution < 1.29 is 9.53 Å². The van der Waals surface area contributed by atoms with Gasteiger partial charge in [0.25, 0.3) is 0 Å². The Balaban J connectivity index is 1.34. The summed E-state index contributed by atoms with van der Waals surface area (Å²) >= 11 is 1.40. The molecule has 144 valence electrons. The standard InChI is InChI=1S/C23H19N3O2S/c27-22(26-23-25-21(16-29-23)19-9-11-24-12-10-19)14-18-7-4-8-20(13-18)28-15-17-5-2-1-3-6-17/h1-13,16H,14-15H2,(H,25,26,27). The highest BCUT2D eigenvalue weighted by molar-refractivity contribution is 7.14. The number of hydrogen-bond acceptors (Lipinski definition) is 5. The normalized spacial score (nSPS) is 10.5. The first-order valence-electron chi connectivity index (χ1n) is 9.18. The number of carbonyl (C=O) groups excluding carboxylic acids is 1. The summed E-state index contributed by atoms with van der Waals surface area (Å²) in [6.07, 6.45) is 3.70. The van der Waals surface area contributed by atoms with Gasteiger partial charge in [-0.25, -0.2) is 4.98 Å². The SMILES string of the molecule is O=C(Cc1cccc(OCc2ccccc2)c1)Nc1nc(-c2ccncc2)cs1. The van der Waals surface area contributed by atoms with Gasteiger partial charge in [-0.2, -0.15) is 0 Å². The lowest BCUT2D eigenvalue weighted by Crippen LogP contribution is -2.14. The summed E-state index contributed by atoms with van der Waals surface area (Å²) < 4.78 is 5.84. The number of amides is 1. The summed E-state index contributed by atoms with van der Waals surface area (Å²) in [4.78, 5) is 20.9. The fourth-order valence-corrected chi connectivity index (χ4v) is 3.56. The topological polar surface area (TPSA) is 64.1 Å². The Hall–Kier alpha value is -3.51. The minimum Gasteiger partial charge on any atom is -0.489 e. The fraction of sp³-hybridized carbons (Fsp3) is 0.0870. The van der Waals surface area contributed by atoms with E-state index >= 15 is 0 Å². The van der Waals surface area contributed by atoms with E-state index in [4.69, 9.17) is 4.74 Å². The maximum absolute atomic E-state index is 12.4. The molecule has 1 amide bonds. The Morgan fingerprint density at radius 3 is 2.59 bits per heavy atom. The summed E-state index contributed by atoms with van der Waals surface area (Å²) in [5, 5.41) is 5.37. The van der Waals surface area contributed by atoms with Crippen LogP contribution in [0.5, 0.6) is 5.75 Å². The van der Waals surface area contributed by atoms with Crippen LogP contribution in [0.1, 0.15) is 11.1 Å². The van der Waals surface area contributed by atoms with Crippen LogP contribution in [0.3, 0.4) is 0 Å². The molecule has 0 spiro atoms. The number of aromatic nitrogens is 2. The molecule has 2 aromatic carbocycles. The highest BCUT2D eigenvalue weighted by Gasteiger charge is 2.09. The van der Waals surface area contributed by atoms with Crippen molar-refractivity contribution in [3.8, 4) is 17.0 Å². The van der Waals surface area contributed by atoms with Crippen molar-refractivity contribution in [2.24, 2.45) is 0 Å². The van der Waals surface area contributed by atoms with Crippen molar-refractivity contribution >= 4 is 22.4 Å². The maximum atomic E-state index is 12.4. The smallest absolute Gasteiger partial charge is 0.230 e. The molecule has 29 heavy (non-hydrogen) atoms. The first kappa shape index (κ1) is 18.8. The van der Waals surface area contributed by atoms with Gasteiger partial charge in [0.2, 0.25) is 5.91 Å². The Morgan fingerprint density at radius 2 is 1.76 bits per heavy atom. The van der Waals surface area contributed by atoms with Crippen LogP contribution in [-0.4, -0.2) is 15.9 Å². The quantitative estimate of drug-likeness (QED) is 0.475. The van der Waals surface area contributed by atoms with E-state index in [-0.39, 0.29) is 12.3 Å². The number of benzene rings is 2. The molecule has 2 heterocycles. The summed E-state index contributed by atoms with van der Waals surface area (Å²) in [6, 6.07) is 21.4. The number of rotatable bonds is 7. The van der Waals surface area contributed by atoms with Crippen LogP contribution >= 0.6 is 11.3 Å². The van der Waals surface area contributed by atoms with E-state index in [9.17, 15) is 4.79 Å². The van der Waals surface area contributed by atoms with E-state index in [2.05, 4.69) is 15.3 Å². The van der Waals surface area contributed by atoms with E-state index in [1.165, 1.54) is 11.3 Å². The molecule has 0 aliphatic heterocycles. The summed E-state index contributed by atoms with van der Waals surface area (Å²) in [5.41, 5.74) is 3.78. The Kier molecular flexibility index (Phi) is 5.92. The molecule has 0 saturated carbocycles. The molecular weight excluding hydrogens is 382 g/mol. The number of carbonyl (C=O) groups is 1. The summed E-state index contributed by atoms with van der Waals surface area (Å²) in [7, 11) is 0. The van der Waals surface area contributed by atoms with Gasteiger partial charge in [-0.1, -0.05) is 42.5 Å². The second kappa shape index (κ2) is 9.12. The van der Waals surface area contributed by atoms with E-state index in [1.54, 1.807) is 12.4 Å². The van der Waals surface area contributed by atoms with Crippen molar-refractivity contribution in [3.63, 3.8) is 0 Å². The summed E-state index contributed by atoms with van der Waals surface area (Å²) in [5.74, 6) is 0.634. The lowest BCUT2D eigenvalue weighted by atomic mass is 10.1. The highest BCUT2D eigenvalue weighted by atomic mass is 32.1. The zero-order valence-corrected chi connectivity index (χ0v) is 16.4. The Morgan fingerprint density at radius 1 is 0.966 bits per heavy atom. The Bertz CT molecular complexity index is 1080. The molecule has 0 aliphatic rings. The molecule has 2 aromatic heterocycles. The first-order valence-corrected chi connectivity index (χ1v) is 10.1. The zero-order valence-electron chi connectivity index (χ0n) is 15.6. The maximum Gasteiger partial charge on any atom is 0.230 e. The van der Waals surface area contributed by atoms with Crippen LogP contribution in [0.25, 0.3) is 11.3 Å². The molecule has 6 heteroatoms. The Labute approximate surface area is 173 Å². The lowest BCUT2D eigenvalue weighted by molar-refractivity contribution is -0.115. The van der Waals surface area contributed by atoms with E-state index < -0.39 is 0 Å². The minimum absolute atomic E-state index is 0.110. The number of hydrogen-bond donors (Lipinski definition) is 1. The predicted molar refractivity (Wildman–Crippen MR) is 115 cm³/mol. The van der Waals surface area contributed by atoms with Crippen LogP contribution in [0.2, 0.25) is 0 Å². The molecule has 4 aromatic rings. The van der Waals surface area contributed by atoms with E-state index in [0.717, 1.165) is 28.1 Å². The lowest BCUT2D eigenvalue weighted by Gasteiger charge is -2.08. The molecule has 0 unspecified atom stereocenters. The van der Waals surface area contributed by atoms with Gasteiger partial charge in [-0.05, 0) is 35.4 Å². The molecule has 0 atom stereocenters. The third-order valence-corrected chi connectivity index (χ3v) is 5.00. The fourth-order valence-electron chi connectivity index (χ4n) is 2.82. The monoisotopic (exact) mass is 401 g/mol. The second-order valence-corrected chi connectivity index (χ2v) is 7.28. The first-order chi connectivity index (χ1) is 14.3. The van der Waals surface area contributed by atoms with Gasteiger partial charge in [-0.3, -0.25) is 9.78 Å². The minimum atomic E-state index is -0.110. The number of anilines is 1. The van der Waals surface area contributed by atoms with Gasteiger partial charge in [0.15, 0.2) is 5.13 Å². The van der Waals surface area contributed by atoms with Gasteiger partial charge >= 0.3 is 0 Å². The van der Waals surface area contributed by atoms with Crippen LogP contribution < -0.4 is 10.1 Å². The van der Waals surface area contributed by atoms with Gasteiger partial charge in [0.1, 0.15) is 12.4 Å². The number of nitrogens with zero attached hydrogens (tertiary/aromatic N) is 2. The largest absolute Gasteiger partial charge is 0.489 e. The van der Waals surface area contributed by atoms with Crippen molar-refractivity contribution in [1.82, 2.24) is 9.97 Å². The number of thiazole rings is 1. The van der Waals surface area contributed by atoms with Gasteiger partial charge in [0.05, 0.1) is 12.1 Å². The number of pyridine rings is 1. The molecule has 0 bridgehead atoms. The van der Waals surface area contributed by atoms with Crippen molar-refractivity contribution in [1.29, 1.82) is 0 Å². The zero-order chi connectivity index (χ0) is 19.9. The molecule has 5 nitrogen and oxygen atoms in total. The number of nitrogens with one attached hydrogen (secondary N) is 1. The average molecular weight is 401 g/mol. The third-order valence-electron chi connectivity index (χ3n) is 4.24. The van der Waals surface area contributed by atoms with Gasteiger partial charge < -0.3 is 10.1 Å². The van der Waals surface area contributed by atoms with Crippen LogP contribution in [0, 0.1) is 0 Å². The van der Waals surface area contributed by atoms with Crippen molar-refractivity contribution in [3.05, 3.63) is 95.6 Å². The molecule has 0 saturated heterocycles. The predicted octanol–water partition coefficient (Wildman–Crippen LogP) is 4.97. The van der Waals surface area contributed by atoms with Gasteiger partial charge in [0, 0.05) is 23.3 Å². The average Bonchev–Trinajstić information content (AvgIpc) is 3.22. The molecule has 0 fully saturated rings. The molecule has 0 radical (unpaired) electrons. The third kappa shape index (κ3) is 5.27. The van der Waals surface area contributed by atoms with Crippen LogP contribution in [0.4, 0.5) is 5.13 Å². The number of ether oxygens (including phenoxy) is 1. The van der Waals surface area contributed by atoms with E-state index in [0.29, 0.717) is 11.7 Å². The van der Waals surface area contributed by atoms with E-state index in [1.807, 2.05) is 72.1 Å². The molecule has 1 N–H and O–H groups in total. The van der Waals surface area contributed by atoms with Crippen LogP contribution in [-0.2, 0) is 17.8 Å². The summed E-state index contributed by atoms with van der Waals surface area (Å²) in [6.45, 7) is 0.493. The molecular formula is C23H19N3O2S. The van der Waals surface area contributed by atoms with Crippen LogP contribution in [0.15, 0.2) is 84.5 Å². The van der Waals surface area contributed by atoms with Gasteiger partial charge in [-0.15, -0.1) is 11.3 Å². The molecule has 4 rings (SSSR count). The second-order valence-electron chi connectivity index (χ2n) is 6.42. The van der Waals surface area contributed by atoms with Crippen molar-refractivity contribution in [2.75, 3.05) is 5.32 Å². The highest BCUT2D eigenvalue weighted by Crippen LogP contribution is 2.24.